The first-order chi connectivity index (χ1) is 11.7. The Morgan fingerprint density at radius 3 is 2.71 bits per heavy atom. The standard InChI is InChI=1S/C19H18ClN3O/c20-18-6-5-14(11-22-18)19(24)23-9-7-13(8-10-23)16-12-21-17-4-2-1-3-15(16)17/h1-6,11-13,21H,7-10H2. The number of likely N-dealkylation sites (tertiary alicyclic amines) is 1. The minimum absolute atomic E-state index is 0.0385. The normalized spacial score (nSPS) is 15.8. The minimum Gasteiger partial charge on any atom is -0.361 e. The molecule has 1 aliphatic rings. The number of pyridine rings is 1. The number of fused-ring (bicyclic) bond motifs is 1. The lowest BCUT2D eigenvalue weighted by atomic mass is 9.89. The fourth-order valence-corrected chi connectivity index (χ4v) is 3.62. The number of amides is 1. The smallest absolute Gasteiger partial charge is 0.255 e. The van der Waals surface area contributed by atoms with Gasteiger partial charge in [-0.2, -0.15) is 0 Å². The van der Waals surface area contributed by atoms with E-state index in [4.69, 9.17) is 11.6 Å². The average Bonchev–Trinajstić information content (AvgIpc) is 3.06. The molecule has 0 aliphatic carbocycles. The molecule has 1 saturated heterocycles. The van der Waals surface area contributed by atoms with Gasteiger partial charge in [0.2, 0.25) is 0 Å². The van der Waals surface area contributed by atoms with E-state index in [2.05, 4.69) is 34.4 Å². The Bertz CT molecular complexity index is 864. The van der Waals surface area contributed by atoms with Crippen LogP contribution < -0.4 is 0 Å². The van der Waals surface area contributed by atoms with Crippen molar-refractivity contribution in [2.45, 2.75) is 18.8 Å². The van der Waals surface area contributed by atoms with E-state index in [1.807, 2.05) is 11.0 Å². The van der Waals surface area contributed by atoms with Gasteiger partial charge >= 0.3 is 0 Å². The van der Waals surface area contributed by atoms with Gasteiger partial charge in [-0.05, 0) is 42.5 Å². The van der Waals surface area contributed by atoms with E-state index in [0.717, 1.165) is 25.9 Å². The number of rotatable bonds is 2. The van der Waals surface area contributed by atoms with Gasteiger partial charge in [0.25, 0.3) is 5.91 Å². The zero-order chi connectivity index (χ0) is 16.5. The second-order valence-electron chi connectivity index (χ2n) is 6.23. The van der Waals surface area contributed by atoms with Crippen molar-refractivity contribution in [3.63, 3.8) is 0 Å². The van der Waals surface area contributed by atoms with Crippen LogP contribution in [0.5, 0.6) is 0 Å². The number of para-hydroxylation sites is 1. The van der Waals surface area contributed by atoms with Gasteiger partial charge < -0.3 is 9.88 Å². The van der Waals surface area contributed by atoms with Crippen LogP contribution in [-0.4, -0.2) is 33.9 Å². The lowest BCUT2D eigenvalue weighted by molar-refractivity contribution is 0.0713. The monoisotopic (exact) mass is 339 g/mol. The maximum atomic E-state index is 12.6. The van der Waals surface area contributed by atoms with Gasteiger partial charge in [-0.3, -0.25) is 4.79 Å². The first-order valence-corrected chi connectivity index (χ1v) is 8.57. The lowest BCUT2D eigenvalue weighted by Crippen LogP contribution is -2.37. The minimum atomic E-state index is 0.0385. The molecule has 1 amide bonds. The highest BCUT2D eigenvalue weighted by Crippen LogP contribution is 2.33. The van der Waals surface area contributed by atoms with Crippen LogP contribution in [0.4, 0.5) is 0 Å². The summed E-state index contributed by atoms with van der Waals surface area (Å²) in [5, 5.41) is 1.70. The quantitative estimate of drug-likeness (QED) is 0.710. The SMILES string of the molecule is O=C(c1ccc(Cl)nc1)N1CCC(c2c[nH]c3ccccc23)CC1. The van der Waals surface area contributed by atoms with E-state index in [1.165, 1.54) is 16.5 Å². The number of nitrogens with one attached hydrogen (secondary N) is 1. The molecule has 0 unspecified atom stereocenters. The van der Waals surface area contributed by atoms with Crippen molar-refractivity contribution in [1.82, 2.24) is 14.9 Å². The second kappa shape index (κ2) is 6.29. The largest absolute Gasteiger partial charge is 0.361 e. The number of nitrogens with zero attached hydrogens (tertiary/aromatic N) is 2. The van der Waals surface area contributed by atoms with E-state index in [9.17, 15) is 4.79 Å². The fraction of sp³-hybridized carbons (Fsp3) is 0.263. The molecule has 5 heteroatoms. The molecule has 0 radical (unpaired) electrons. The highest BCUT2D eigenvalue weighted by atomic mass is 35.5. The Kier molecular flexibility index (Phi) is 3.98. The number of H-pyrrole nitrogens is 1. The van der Waals surface area contributed by atoms with E-state index >= 15 is 0 Å². The molecule has 24 heavy (non-hydrogen) atoms. The average molecular weight is 340 g/mol. The van der Waals surface area contributed by atoms with Crippen molar-refractivity contribution in [2.75, 3.05) is 13.1 Å². The Morgan fingerprint density at radius 1 is 1.17 bits per heavy atom. The van der Waals surface area contributed by atoms with Crippen LogP contribution in [0.15, 0.2) is 48.8 Å². The third kappa shape index (κ3) is 2.78. The Balaban J connectivity index is 1.47. The van der Waals surface area contributed by atoms with Crippen molar-refractivity contribution in [2.24, 2.45) is 0 Å². The molecule has 2 aromatic heterocycles. The van der Waals surface area contributed by atoms with E-state index < -0.39 is 0 Å². The summed E-state index contributed by atoms with van der Waals surface area (Å²) in [6.07, 6.45) is 5.63. The van der Waals surface area contributed by atoms with Crippen molar-refractivity contribution in [3.05, 3.63) is 65.1 Å². The molecular weight excluding hydrogens is 322 g/mol. The van der Waals surface area contributed by atoms with Crippen molar-refractivity contribution in [3.8, 4) is 0 Å². The summed E-state index contributed by atoms with van der Waals surface area (Å²) >= 11 is 5.79. The number of carbonyl (C=O) groups is 1. The molecule has 1 aliphatic heterocycles. The molecule has 1 fully saturated rings. The van der Waals surface area contributed by atoms with Gasteiger partial charge in [-0.1, -0.05) is 29.8 Å². The number of benzene rings is 1. The third-order valence-electron chi connectivity index (χ3n) is 4.82. The number of halogens is 1. The summed E-state index contributed by atoms with van der Waals surface area (Å²) in [5.74, 6) is 0.532. The van der Waals surface area contributed by atoms with Gasteiger partial charge in [0.15, 0.2) is 0 Å². The van der Waals surface area contributed by atoms with Crippen LogP contribution >= 0.6 is 11.6 Å². The first-order valence-electron chi connectivity index (χ1n) is 8.19. The zero-order valence-corrected chi connectivity index (χ0v) is 14.0. The van der Waals surface area contributed by atoms with Crippen LogP contribution in [0.1, 0.15) is 34.7 Å². The maximum absolute atomic E-state index is 12.6. The highest BCUT2D eigenvalue weighted by molar-refractivity contribution is 6.29. The molecule has 0 bridgehead atoms. The van der Waals surface area contributed by atoms with E-state index in [-0.39, 0.29) is 5.91 Å². The molecule has 1 aromatic carbocycles. The number of hydrogen-bond acceptors (Lipinski definition) is 2. The molecule has 4 rings (SSSR count). The Labute approximate surface area is 145 Å². The summed E-state index contributed by atoms with van der Waals surface area (Å²) in [4.78, 5) is 21.8. The molecule has 122 valence electrons. The Hall–Kier alpha value is -2.33. The first kappa shape index (κ1) is 15.2. The molecule has 3 heterocycles. The molecule has 0 atom stereocenters. The van der Waals surface area contributed by atoms with Crippen LogP contribution in [0.25, 0.3) is 10.9 Å². The number of hydrogen-bond donors (Lipinski definition) is 1. The van der Waals surface area contributed by atoms with Gasteiger partial charge in [0, 0.05) is 36.4 Å². The van der Waals surface area contributed by atoms with Gasteiger partial charge in [0.1, 0.15) is 5.15 Å². The molecule has 3 aromatic rings. The Morgan fingerprint density at radius 2 is 1.96 bits per heavy atom. The number of piperidine rings is 1. The summed E-state index contributed by atoms with van der Waals surface area (Å²) in [6, 6.07) is 11.8. The van der Waals surface area contributed by atoms with Crippen molar-refractivity contribution < 1.29 is 4.79 Å². The van der Waals surface area contributed by atoms with Crippen molar-refractivity contribution in [1.29, 1.82) is 0 Å². The predicted octanol–water partition coefficient (Wildman–Crippen LogP) is 4.24. The van der Waals surface area contributed by atoms with Gasteiger partial charge in [0.05, 0.1) is 5.56 Å². The van der Waals surface area contributed by atoms with Gasteiger partial charge in [-0.25, -0.2) is 4.98 Å². The maximum Gasteiger partial charge on any atom is 0.255 e. The molecular formula is C19H18ClN3O. The number of aromatic amines is 1. The molecule has 0 saturated carbocycles. The van der Waals surface area contributed by atoms with Crippen LogP contribution in [0.2, 0.25) is 5.15 Å². The number of carbonyl (C=O) groups excluding carboxylic acids is 1. The number of aromatic nitrogens is 2. The predicted molar refractivity (Wildman–Crippen MR) is 95.4 cm³/mol. The summed E-state index contributed by atoms with van der Waals surface area (Å²) in [5.41, 5.74) is 3.15. The van der Waals surface area contributed by atoms with Crippen LogP contribution in [-0.2, 0) is 0 Å². The molecule has 1 N–H and O–H groups in total. The summed E-state index contributed by atoms with van der Waals surface area (Å²) < 4.78 is 0. The lowest BCUT2D eigenvalue weighted by Gasteiger charge is -2.32. The third-order valence-corrected chi connectivity index (χ3v) is 5.04. The van der Waals surface area contributed by atoms with Crippen molar-refractivity contribution >= 4 is 28.4 Å². The van der Waals surface area contributed by atoms with E-state index in [0.29, 0.717) is 16.6 Å². The fourth-order valence-electron chi connectivity index (χ4n) is 3.51. The van der Waals surface area contributed by atoms with Crippen LogP contribution in [0, 0.1) is 0 Å². The van der Waals surface area contributed by atoms with Crippen LogP contribution in [0.3, 0.4) is 0 Å². The highest BCUT2D eigenvalue weighted by Gasteiger charge is 2.26. The second-order valence-corrected chi connectivity index (χ2v) is 6.61. The molecule has 4 nitrogen and oxygen atoms in total. The summed E-state index contributed by atoms with van der Waals surface area (Å²) in [7, 11) is 0. The summed E-state index contributed by atoms with van der Waals surface area (Å²) in [6.45, 7) is 1.54. The molecule has 0 spiro atoms. The van der Waals surface area contributed by atoms with Gasteiger partial charge in [-0.15, -0.1) is 0 Å². The zero-order valence-electron chi connectivity index (χ0n) is 13.2. The topological polar surface area (TPSA) is 49.0 Å². The van der Waals surface area contributed by atoms with E-state index in [1.54, 1.807) is 18.3 Å².